The largest absolute Gasteiger partial charge is 0.467 e. The summed E-state index contributed by atoms with van der Waals surface area (Å²) in [5, 5.41) is 10.3. The summed E-state index contributed by atoms with van der Waals surface area (Å²) in [4.78, 5) is 15.9. The predicted molar refractivity (Wildman–Crippen MR) is 95.2 cm³/mol. The van der Waals surface area contributed by atoms with Crippen molar-refractivity contribution in [2.75, 3.05) is 12.3 Å². The van der Waals surface area contributed by atoms with Crippen LogP contribution in [0, 0.1) is 0 Å². The Bertz CT molecular complexity index is 671. The second-order valence-corrected chi connectivity index (χ2v) is 7.36. The van der Waals surface area contributed by atoms with Gasteiger partial charge in [-0.05, 0) is 48.9 Å². The van der Waals surface area contributed by atoms with Gasteiger partial charge in [-0.3, -0.25) is 4.79 Å². The molecule has 2 unspecified atom stereocenters. The Hall–Kier alpha value is -1.72. The molecule has 3 rings (SSSR count). The number of nitrogens with zero attached hydrogens (tertiary/aromatic N) is 1. The van der Waals surface area contributed by atoms with E-state index in [9.17, 15) is 9.90 Å². The van der Waals surface area contributed by atoms with Crippen LogP contribution in [0.4, 0.5) is 0 Å². The Morgan fingerprint density at radius 1 is 1.42 bits per heavy atom. The van der Waals surface area contributed by atoms with E-state index >= 15 is 0 Å². The Morgan fingerprint density at radius 2 is 2.29 bits per heavy atom. The second kappa shape index (κ2) is 7.90. The highest BCUT2D eigenvalue weighted by molar-refractivity contribution is 7.99. The van der Waals surface area contributed by atoms with Crippen LogP contribution in [0.3, 0.4) is 0 Å². The number of benzene rings is 1. The summed E-state index contributed by atoms with van der Waals surface area (Å²) in [6.45, 7) is 2.85. The molecule has 1 aromatic heterocycles. The average molecular weight is 345 g/mol. The van der Waals surface area contributed by atoms with Crippen molar-refractivity contribution in [3.63, 3.8) is 0 Å². The summed E-state index contributed by atoms with van der Waals surface area (Å²) >= 11 is 1.74. The van der Waals surface area contributed by atoms with Crippen LogP contribution in [0.2, 0.25) is 0 Å². The molecule has 1 aliphatic heterocycles. The lowest BCUT2D eigenvalue weighted by molar-refractivity contribution is 0.0641. The van der Waals surface area contributed by atoms with Gasteiger partial charge in [0.05, 0.1) is 6.26 Å². The van der Waals surface area contributed by atoms with Gasteiger partial charge in [0, 0.05) is 29.5 Å². The van der Waals surface area contributed by atoms with Crippen LogP contribution in [0.1, 0.15) is 48.4 Å². The van der Waals surface area contributed by atoms with Crippen molar-refractivity contribution < 1.29 is 14.3 Å². The molecule has 4 nitrogen and oxygen atoms in total. The molecule has 1 aliphatic rings. The summed E-state index contributed by atoms with van der Waals surface area (Å²) in [6.07, 6.45) is 3.31. The maximum Gasteiger partial charge on any atom is 0.254 e. The van der Waals surface area contributed by atoms with Gasteiger partial charge in [0.2, 0.25) is 0 Å². The zero-order chi connectivity index (χ0) is 16.9. The molecule has 0 spiro atoms. The van der Waals surface area contributed by atoms with Crippen molar-refractivity contribution in [3.05, 3.63) is 54.0 Å². The monoisotopic (exact) mass is 345 g/mol. The van der Waals surface area contributed by atoms with Gasteiger partial charge in [-0.15, -0.1) is 11.8 Å². The van der Waals surface area contributed by atoms with Gasteiger partial charge in [-0.25, -0.2) is 0 Å². The zero-order valence-electron chi connectivity index (χ0n) is 13.9. The van der Waals surface area contributed by atoms with E-state index in [-0.39, 0.29) is 11.9 Å². The van der Waals surface area contributed by atoms with Crippen LogP contribution < -0.4 is 0 Å². The maximum absolute atomic E-state index is 12.9. The Kier molecular flexibility index (Phi) is 5.63. The van der Waals surface area contributed by atoms with Crippen LogP contribution in [0.15, 0.2) is 52.0 Å². The molecule has 2 aromatic rings. The molecule has 5 heteroatoms. The van der Waals surface area contributed by atoms with Crippen molar-refractivity contribution in [1.82, 2.24) is 4.90 Å². The quantitative estimate of drug-likeness (QED) is 0.800. The van der Waals surface area contributed by atoms with Gasteiger partial charge < -0.3 is 14.4 Å². The average Bonchev–Trinajstić information content (AvgIpc) is 3.26. The van der Waals surface area contributed by atoms with E-state index in [0.29, 0.717) is 12.2 Å². The summed E-state index contributed by atoms with van der Waals surface area (Å²) < 4.78 is 5.27. The molecule has 128 valence electrons. The van der Waals surface area contributed by atoms with Crippen LogP contribution in [0.25, 0.3) is 0 Å². The molecule has 1 saturated heterocycles. The SMILES string of the molecule is CCSc1cccc(C(=O)N2CCCC2CC(O)c2ccco2)c1. The topological polar surface area (TPSA) is 53.7 Å². The molecule has 2 heterocycles. The molecule has 0 aliphatic carbocycles. The van der Waals surface area contributed by atoms with E-state index in [0.717, 1.165) is 35.6 Å². The minimum absolute atomic E-state index is 0.0556. The number of hydrogen-bond acceptors (Lipinski definition) is 4. The molecular formula is C19H23NO3S. The van der Waals surface area contributed by atoms with E-state index in [4.69, 9.17) is 4.42 Å². The highest BCUT2D eigenvalue weighted by atomic mass is 32.2. The van der Waals surface area contributed by atoms with E-state index in [1.807, 2.05) is 29.2 Å². The number of rotatable bonds is 6. The molecule has 1 fully saturated rings. The normalized spacial score (nSPS) is 18.8. The molecule has 0 saturated carbocycles. The zero-order valence-corrected chi connectivity index (χ0v) is 14.7. The maximum atomic E-state index is 12.9. The summed E-state index contributed by atoms with van der Waals surface area (Å²) in [7, 11) is 0. The molecule has 0 bridgehead atoms. The van der Waals surface area contributed by atoms with Crippen molar-refractivity contribution >= 4 is 17.7 Å². The van der Waals surface area contributed by atoms with Gasteiger partial charge in [0.15, 0.2) is 0 Å². The number of hydrogen-bond donors (Lipinski definition) is 1. The van der Waals surface area contributed by atoms with Crippen LogP contribution in [-0.2, 0) is 0 Å². The number of likely N-dealkylation sites (tertiary alicyclic amines) is 1. The summed E-state index contributed by atoms with van der Waals surface area (Å²) in [6, 6.07) is 11.4. The van der Waals surface area contributed by atoms with E-state index in [1.54, 1.807) is 30.2 Å². The first-order valence-electron chi connectivity index (χ1n) is 8.44. The Labute approximate surface area is 146 Å². The number of aliphatic hydroxyl groups is 1. The smallest absolute Gasteiger partial charge is 0.254 e. The highest BCUT2D eigenvalue weighted by Crippen LogP contribution is 2.29. The van der Waals surface area contributed by atoms with Crippen molar-refractivity contribution in [2.24, 2.45) is 0 Å². The van der Waals surface area contributed by atoms with E-state index in [2.05, 4.69) is 6.92 Å². The van der Waals surface area contributed by atoms with Crippen LogP contribution in [0.5, 0.6) is 0 Å². The van der Waals surface area contributed by atoms with Crippen LogP contribution in [-0.4, -0.2) is 34.3 Å². The minimum atomic E-state index is -0.666. The number of furan rings is 1. The van der Waals surface area contributed by atoms with Gasteiger partial charge in [0.25, 0.3) is 5.91 Å². The Balaban J connectivity index is 1.70. The lowest BCUT2D eigenvalue weighted by atomic mass is 10.0. The van der Waals surface area contributed by atoms with Gasteiger partial charge in [-0.1, -0.05) is 13.0 Å². The first-order valence-corrected chi connectivity index (χ1v) is 9.43. The van der Waals surface area contributed by atoms with Crippen molar-refractivity contribution in [2.45, 2.75) is 43.2 Å². The van der Waals surface area contributed by atoms with Crippen molar-refractivity contribution in [1.29, 1.82) is 0 Å². The number of carbonyl (C=O) groups is 1. The number of carbonyl (C=O) groups excluding carboxylic acids is 1. The molecular weight excluding hydrogens is 322 g/mol. The Morgan fingerprint density at radius 3 is 3.04 bits per heavy atom. The first kappa shape index (κ1) is 17.1. The van der Waals surface area contributed by atoms with E-state index in [1.165, 1.54) is 0 Å². The molecule has 0 radical (unpaired) electrons. The van der Waals surface area contributed by atoms with E-state index < -0.39 is 6.10 Å². The lowest BCUT2D eigenvalue weighted by Crippen LogP contribution is -2.36. The number of thioether (sulfide) groups is 1. The first-order chi connectivity index (χ1) is 11.7. The standard InChI is InChI=1S/C19H23NO3S/c1-2-24-16-8-3-6-14(12-16)19(22)20-10-4-7-15(20)13-17(21)18-9-5-11-23-18/h3,5-6,8-9,11-12,15,17,21H,2,4,7,10,13H2,1H3. The van der Waals surface area contributed by atoms with Gasteiger partial charge in [-0.2, -0.15) is 0 Å². The second-order valence-electron chi connectivity index (χ2n) is 6.02. The molecule has 1 N–H and O–H groups in total. The third-order valence-corrected chi connectivity index (χ3v) is 5.27. The predicted octanol–water partition coefficient (Wildman–Crippen LogP) is 4.12. The molecule has 1 amide bonds. The fraction of sp³-hybridized carbons (Fsp3) is 0.421. The fourth-order valence-electron chi connectivity index (χ4n) is 3.25. The fourth-order valence-corrected chi connectivity index (χ4v) is 3.97. The van der Waals surface area contributed by atoms with Gasteiger partial charge >= 0.3 is 0 Å². The third-order valence-electron chi connectivity index (χ3n) is 4.40. The molecule has 24 heavy (non-hydrogen) atoms. The third kappa shape index (κ3) is 3.84. The van der Waals surface area contributed by atoms with Crippen LogP contribution >= 0.6 is 11.8 Å². The lowest BCUT2D eigenvalue weighted by Gasteiger charge is -2.26. The molecule has 2 atom stereocenters. The molecule has 1 aromatic carbocycles. The highest BCUT2D eigenvalue weighted by Gasteiger charge is 2.31. The number of amides is 1. The van der Waals surface area contributed by atoms with Gasteiger partial charge in [0.1, 0.15) is 11.9 Å². The summed E-state index contributed by atoms with van der Waals surface area (Å²) in [5.74, 6) is 1.61. The minimum Gasteiger partial charge on any atom is -0.467 e. The van der Waals surface area contributed by atoms with Crippen molar-refractivity contribution in [3.8, 4) is 0 Å². The number of aliphatic hydroxyl groups excluding tert-OH is 1. The summed E-state index contributed by atoms with van der Waals surface area (Å²) in [5.41, 5.74) is 0.729.